The van der Waals surface area contributed by atoms with Crippen LogP contribution in [-0.2, 0) is 15.3 Å². The maximum absolute atomic E-state index is 7.10. The molecule has 3 rings (SSSR count). The predicted molar refractivity (Wildman–Crippen MR) is 205 cm³/mol. The molecule has 1 unspecified atom stereocenters. The van der Waals surface area contributed by atoms with Crippen molar-refractivity contribution >= 4 is 35.1 Å². The van der Waals surface area contributed by atoms with E-state index < -0.39 is 24.7 Å². The first kappa shape index (κ1) is 37.6. The molecule has 3 aromatic rings. The van der Waals surface area contributed by atoms with Gasteiger partial charge in [0.15, 0.2) is 8.32 Å². The van der Waals surface area contributed by atoms with E-state index in [0.717, 1.165) is 22.4 Å². The maximum Gasteiger partial charge on any atom is 0.262 e. The standard InChI is InChI=1S/C40H56O3Si3/c1-32-29-33(37(38(30-32)41-8)26-28-44(9,10)11)31-34(43-45(12,13)39(2,3)4)21-20-27-42-46(40(5,6)7,35-22-16-14-17-23-35)36-24-18-15-19-25-36/h14-19,22-25,29-30,34H,27,31H2,1-13H3. The Hall–Kier alpha value is -2.85. The largest absolute Gasteiger partial charge is 0.495 e. The maximum atomic E-state index is 7.10. The van der Waals surface area contributed by atoms with E-state index in [1.807, 2.05) is 0 Å². The van der Waals surface area contributed by atoms with Crippen LogP contribution in [0.5, 0.6) is 5.75 Å². The molecule has 3 nitrogen and oxygen atoms in total. The summed E-state index contributed by atoms with van der Waals surface area (Å²) in [5, 5.41) is 2.43. The highest BCUT2D eigenvalue weighted by Crippen LogP contribution is 2.38. The third kappa shape index (κ3) is 9.37. The molecule has 0 radical (unpaired) electrons. The molecule has 0 N–H and O–H groups in total. The molecule has 0 fully saturated rings. The van der Waals surface area contributed by atoms with Crippen molar-refractivity contribution in [3.63, 3.8) is 0 Å². The summed E-state index contributed by atoms with van der Waals surface area (Å²) in [4.78, 5) is 0. The number of aryl methyl sites for hydroxylation is 1. The fourth-order valence-corrected chi connectivity index (χ4v) is 11.6. The van der Waals surface area contributed by atoms with E-state index in [0.29, 0.717) is 13.0 Å². The monoisotopic (exact) mass is 668 g/mol. The summed E-state index contributed by atoms with van der Waals surface area (Å²) in [5.41, 5.74) is 6.76. The molecule has 0 spiro atoms. The lowest BCUT2D eigenvalue weighted by molar-refractivity contribution is 0.233. The molecule has 0 amide bonds. The van der Waals surface area contributed by atoms with Gasteiger partial charge in [0.05, 0.1) is 19.3 Å². The third-order valence-corrected chi connectivity index (χ3v) is 19.1. The van der Waals surface area contributed by atoms with Gasteiger partial charge >= 0.3 is 0 Å². The molecule has 46 heavy (non-hydrogen) atoms. The fourth-order valence-electron chi connectivity index (χ4n) is 5.46. The SMILES string of the molecule is COc1cc(C)cc(CC(C#CCO[Si](c2ccccc2)(c2ccccc2)C(C)(C)C)O[Si](C)(C)C(C)(C)C)c1C#C[Si](C)(C)C. The normalized spacial score (nSPS) is 13.2. The van der Waals surface area contributed by atoms with Crippen molar-refractivity contribution in [1.82, 2.24) is 0 Å². The van der Waals surface area contributed by atoms with Gasteiger partial charge in [0, 0.05) is 6.42 Å². The van der Waals surface area contributed by atoms with E-state index >= 15 is 0 Å². The summed E-state index contributed by atoms with van der Waals surface area (Å²) >= 11 is 0. The number of hydrogen-bond donors (Lipinski definition) is 0. The van der Waals surface area contributed by atoms with Gasteiger partial charge in [0.2, 0.25) is 0 Å². The van der Waals surface area contributed by atoms with Gasteiger partial charge in [-0.05, 0) is 57.7 Å². The first-order valence-electron chi connectivity index (χ1n) is 16.4. The van der Waals surface area contributed by atoms with Crippen molar-refractivity contribution in [2.75, 3.05) is 13.7 Å². The molecule has 6 heteroatoms. The average molecular weight is 669 g/mol. The molecule has 0 bridgehead atoms. The summed E-state index contributed by atoms with van der Waals surface area (Å²) in [6, 6.07) is 25.8. The highest BCUT2D eigenvalue weighted by molar-refractivity contribution is 6.99. The van der Waals surface area contributed by atoms with Crippen LogP contribution in [0.1, 0.15) is 58.2 Å². The zero-order chi connectivity index (χ0) is 34.4. The molecular weight excluding hydrogens is 613 g/mol. The molecular formula is C40H56O3Si3. The third-order valence-electron chi connectivity index (χ3n) is 8.80. The van der Waals surface area contributed by atoms with Crippen molar-refractivity contribution in [2.24, 2.45) is 0 Å². The van der Waals surface area contributed by atoms with Crippen LogP contribution < -0.4 is 15.1 Å². The fraction of sp³-hybridized carbons (Fsp3) is 0.450. The average Bonchev–Trinajstić information content (AvgIpc) is 2.95. The van der Waals surface area contributed by atoms with Crippen LogP contribution in [0, 0.1) is 30.2 Å². The lowest BCUT2D eigenvalue weighted by Gasteiger charge is -2.42. The van der Waals surface area contributed by atoms with Crippen molar-refractivity contribution in [3.8, 4) is 29.1 Å². The molecule has 246 valence electrons. The molecule has 0 aliphatic carbocycles. The van der Waals surface area contributed by atoms with Gasteiger partial charge in [-0.15, -0.1) is 5.54 Å². The molecule has 0 aromatic heterocycles. The van der Waals surface area contributed by atoms with E-state index in [-0.39, 0.29) is 16.2 Å². The lowest BCUT2D eigenvalue weighted by atomic mass is 9.98. The van der Waals surface area contributed by atoms with Crippen LogP contribution in [0.3, 0.4) is 0 Å². The lowest BCUT2D eigenvalue weighted by Crippen LogP contribution is -2.66. The molecule has 1 atom stereocenters. The first-order chi connectivity index (χ1) is 21.3. The number of methoxy groups -OCH3 is 1. The second-order valence-electron chi connectivity index (χ2n) is 15.8. The number of ether oxygens (including phenoxy) is 1. The zero-order valence-electron chi connectivity index (χ0n) is 30.6. The molecule has 0 saturated heterocycles. The summed E-state index contributed by atoms with van der Waals surface area (Å²) in [7, 11) is -4.73. The minimum absolute atomic E-state index is 0.0448. The Balaban J connectivity index is 2.09. The van der Waals surface area contributed by atoms with Crippen molar-refractivity contribution in [3.05, 3.63) is 89.5 Å². The molecule has 0 heterocycles. The minimum atomic E-state index is -2.70. The van der Waals surface area contributed by atoms with E-state index in [4.69, 9.17) is 13.6 Å². The summed E-state index contributed by atoms with van der Waals surface area (Å²) in [6.45, 7) is 27.5. The Bertz CT molecular complexity index is 1530. The Morgan fingerprint density at radius 3 is 1.76 bits per heavy atom. The van der Waals surface area contributed by atoms with Gasteiger partial charge in [-0.3, -0.25) is 0 Å². The first-order valence-corrected chi connectivity index (χ1v) is 24.7. The smallest absolute Gasteiger partial charge is 0.262 e. The topological polar surface area (TPSA) is 27.7 Å². The van der Waals surface area contributed by atoms with Gasteiger partial charge in [0.1, 0.15) is 19.9 Å². The van der Waals surface area contributed by atoms with Crippen LogP contribution in [0.25, 0.3) is 0 Å². The van der Waals surface area contributed by atoms with Crippen LogP contribution in [-0.4, -0.2) is 44.5 Å². The summed E-state index contributed by atoms with van der Waals surface area (Å²) in [5.74, 6) is 11.4. The van der Waals surface area contributed by atoms with Gasteiger partial charge in [-0.25, -0.2) is 0 Å². The summed E-state index contributed by atoms with van der Waals surface area (Å²) in [6.07, 6.45) is 0.328. The number of benzene rings is 3. The number of hydrogen-bond acceptors (Lipinski definition) is 3. The molecule has 0 saturated carbocycles. The van der Waals surface area contributed by atoms with Gasteiger partial charge in [-0.1, -0.05) is 146 Å². The van der Waals surface area contributed by atoms with Gasteiger partial charge < -0.3 is 13.6 Å². The number of rotatable bonds is 9. The van der Waals surface area contributed by atoms with Crippen LogP contribution >= 0.6 is 0 Å². The Morgan fingerprint density at radius 2 is 1.30 bits per heavy atom. The van der Waals surface area contributed by atoms with Crippen molar-refractivity contribution < 1.29 is 13.6 Å². The van der Waals surface area contributed by atoms with Crippen LogP contribution in [0.2, 0.25) is 42.8 Å². The van der Waals surface area contributed by atoms with Crippen LogP contribution in [0.15, 0.2) is 72.8 Å². The predicted octanol–water partition coefficient (Wildman–Crippen LogP) is 8.75. The van der Waals surface area contributed by atoms with Crippen LogP contribution in [0.4, 0.5) is 0 Å². The van der Waals surface area contributed by atoms with Crippen molar-refractivity contribution in [1.29, 1.82) is 0 Å². The van der Waals surface area contributed by atoms with Crippen molar-refractivity contribution in [2.45, 2.75) is 104 Å². The Kier molecular flexibility index (Phi) is 12.2. The second-order valence-corrected chi connectivity index (χ2v) is 29.7. The molecule has 3 aromatic carbocycles. The van der Waals surface area contributed by atoms with E-state index in [2.05, 4.69) is 177 Å². The molecule has 0 aliphatic heterocycles. The van der Waals surface area contributed by atoms with E-state index in [9.17, 15) is 0 Å². The highest BCUT2D eigenvalue weighted by Gasteiger charge is 2.50. The quantitative estimate of drug-likeness (QED) is 0.169. The highest BCUT2D eigenvalue weighted by atomic mass is 28.4. The van der Waals surface area contributed by atoms with E-state index in [1.165, 1.54) is 10.4 Å². The zero-order valence-corrected chi connectivity index (χ0v) is 33.6. The van der Waals surface area contributed by atoms with E-state index in [1.54, 1.807) is 7.11 Å². The second kappa shape index (κ2) is 14.9. The minimum Gasteiger partial charge on any atom is -0.495 e. The molecule has 0 aliphatic rings. The van der Waals surface area contributed by atoms with Gasteiger partial charge in [-0.2, -0.15) is 0 Å². The van der Waals surface area contributed by atoms with Gasteiger partial charge in [0.25, 0.3) is 8.32 Å². The Morgan fingerprint density at radius 1 is 0.761 bits per heavy atom. The Labute approximate surface area is 283 Å². The summed E-state index contributed by atoms with van der Waals surface area (Å²) < 4.78 is 20.0.